The Morgan fingerprint density at radius 1 is 0.500 bits per heavy atom. The van der Waals surface area contributed by atoms with Gasteiger partial charge < -0.3 is 120 Å². The molecule has 6 aromatic carbocycles. The van der Waals surface area contributed by atoms with E-state index in [0.717, 1.165) is 11.3 Å². The summed E-state index contributed by atoms with van der Waals surface area (Å²) < 4.78 is 35.5. The molecule has 0 fully saturated rings. The first-order valence-corrected chi connectivity index (χ1v) is 46.1. The predicted octanol–water partition coefficient (Wildman–Crippen LogP) is 6.55. The van der Waals surface area contributed by atoms with E-state index in [9.17, 15) is 78.6 Å². The van der Waals surface area contributed by atoms with Gasteiger partial charge in [-0.3, -0.25) is 47.9 Å². The smallest absolute Gasteiger partial charge is 0.226 e. The molecule has 744 valence electrons. The largest absolute Gasteiger partial charge is 0.504 e. The number of aliphatic hydroxyl groups excluding tert-OH is 4. The SMILES string of the molecule is CC(=O)[C@@H]1Cc2ccc(OC[C@H](O)CN)c(c2)-c2cc(cc(OC[C@H](O)CN)c2O)[C@H](N(C)C(=O)[C@H](CCN)CC(=O)c2c(C)nc(-c3ccc(OCCC(C)(C)C)cc3)nc2N)C(=O)C[C@@H](C)C(=O)N1.CC(=O)[C@@H]1Cc2ccc(OC[C@H](O)CN)c(c2)-c2cc(cc(OC[C@H](O)CN)c2O)[C@H](N(C)C(=O)[C@H](CCN)CC(=O)c2cnc(-c3ccc(OC(C)C)cc3)nc2C)C(=O)C[C@@H](C)C(=O)N1. The van der Waals surface area contributed by atoms with Gasteiger partial charge in [0, 0.05) is 129 Å². The molecule has 0 saturated heterocycles. The molecule has 22 N–H and O–H groups in total. The number of aliphatic hydroxyl groups is 4. The Morgan fingerprint density at radius 3 is 1.28 bits per heavy atom. The van der Waals surface area contributed by atoms with Crippen molar-refractivity contribution in [1.82, 2.24) is 40.4 Å². The number of aryl methyl sites for hydroxylation is 2. The zero-order valence-corrected chi connectivity index (χ0v) is 80.6. The monoisotopic (exact) mass is 1910 g/mol. The van der Waals surface area contributed by atoms with Gasteiger partial charge in [-0.25, -0.2) is 19.9 Å². The molecule has 37 nitrogen and oxygen atoms in total. The number of ketones is 6. The molecule has 8 bridgehead atoms. The van der Waals surface area contributed by atoms with Crippen molar-refractivity contribution >= 4 is 64.1 Å². The summed E-state index contributed by atoms with van der Waals surface area (Å²) >= 11 is 0. The molecule has 2 aromatic heterocycles. The van der Waals surface area contributed by atoms with E-state index >= 15 is 0 Å². The van der Waals surface area contributed by atoms with Crippen LogP contribution in [0.3, 0.4) is 0 Å². The molecule has 10 rings (SSSR count). The van der Waals surface area contributed by atoms with E-state index in [1.165, 1.54) is 77.2 Å². The number of fused-ring (bicyclic) bond motifs is 10. The minimum absolute atomic E-state index is 0.00367. The van der Waals surface area contributed by atoms with Crippen LogP contribution in [0.1, 0.15) is 174 Å². The van der Waals surface area contributed by atoms with Crippen LogP contribution in [0.5, 0.6) is 46.0 Å². The second-order valence-electron chi connectivity index (χ2n) is 36.7. The van der Waals surface area contributed by atoms with Gasteiger partial charge in [-0.05, 0) is 211 Å². The van der Waals surface area contributed by atoms with Crippen LogP contribution in [0, 0.1) is 42.9 Å². The minimum Gasteiger partial charge on any atom is -0.504 e. The highest BCUT2D eigenvalue weighted by molar-refractivity contribution is 6.04. The topological polar surface area (TPSA) is 612 Å². The fourth-order valence-electron chi connectivity index (χ4n) is 15.9. The van der Waals surface area contributed by atoms with Crippen LogP contribution in [0.25, 0.3) is 45.0 Å². The summed E-state index contributed by atoms with van der Waals surface area (Å²) in [6.45, 7) is 18.0. The van der Waals surface area contributed by atoms with Crippen LogP contribution in [0.15, 0.2) is 115 Å². The molecule has 0 radical (unpaired) electrons. The molecular formula is C101H133N15O22. The number of phenolic OH excluding ortho intramolecular Hbond substituents is 2. The minimum atomic E-state index is -1.49. The number of likely N-dealkylation sites (N-methyl/N-ethyl adjacent to an activating group) is 2. The summed E-state index contributed by atoms with van der Waals surface area (Å²) in [6.07, 6.45) is -3.54. The molecular weight excluding hydrogens is 1780 g/mol. The van der Waals surface area contributed by atoms with Crippen molar-refractivity contribution in [2.75, 3.05) is 92.1 Å². The predicted molar refractivity (Wildman–Crippen MR) is 517 cm³/mol. The lowest BCUT2D eigenvalue weighted by Crippen LogP contribution is -2.45. The number of aromatic hydroxyl groups is 2. The third kappa shape index (κ3) is 29.1. The lowest BCUT2D eigenvalue weighted by Gasteiger charge is -2.32. The third-order valence-corrected chi connectivity index (χ3v) is 23.8. The fourth-order valence-corrected chi connectivity index (χ4v) is 15.9. The molecule has 2 aliphatic heterocycles. The molecule has 8 aromatic rings. The summed E-state index contributed by atoms with van der Waals surface area (Å²) in [5.41, 5.74) is 45.5. The van der Waals surface area contributed by atoms with E-state index in [0.29, 0.717) is 51.9 Å². The number of ether oxygens (including phenoxy) is 6. The average molecular weight is 1910 g/mol. The maximum atomic E-state index is 14.9. The van der Waals surface area contributed by atoms with Gasteiger partial charge in [0.15, 0.2) is 69.3 Å². The number of nitrogens with zero attached hydrogens (tertiary/aromatic N) is 6. The van der Waals surface area contributed by atoms with Crippen LogP contribution >= 0.6 is 0 Å². The standard InChI is InChI=1S/C52H70N8O11.C49H63N7O11/c1-28-18-42(65)46(60(7)51(68)33(14-16-53)22-41(64)45-29(2)57-49(59-48(45)56)32-9-11-37(12-10-32)69-17-15-52(4,5)6)34-21-39(47(66)44(23-34)71-27-36(63)25-55)38-19-31(20-40(30(3)61)58-50(28)67)8-13-43(38)70-26-35(62)24-54;1-26(2)67-36-10-8-31(9-11-36)47-53-23-39(28(4)54-47)41(60)19-32(13-14-50)49(64)56(6)45-33-18-38(46(62)44(20-33)66-25-35(59)22-52)37-16-30(7-12-43(37)65-24-34(58)21-51)17-40(29(5)57)55-48(63)27(3)15-42(45)61/h8-13,19,21,23,28,33,35-36,40,46,62-63,66H,14-18,20,22,24-27,53-55H2,1-7H3,(H,58,67)(H2,56,57,59);7-12,16,18,20,23,26-27,32,34-35,40,45,58-59,62H,13-15,17,19,21-22,24-25,50-52H2,1-6H3,(H,55,63)/t28-,33-,35-,36-,40+,46+;27-,32-,34-,35-,40+,45+/m11/s1. The number of nitrogens with two attached hydrogens (primary N) is 7. The maximum Gasteiger partial charge on any atom is 0.226 e. The van der Waals surface area contributed by atoms with Gasteiger partial charge in [0.05, 0.1) is 47.3 Å². The normalized spacial score (nSPS) is 17.6. The number of phenols is 2. The van der Waals surface area contributed by atoms with E-state index in [4.69, 9.17) is 68.6 Å². The number of hydrogen-bond donors (Lipinski definition) is 15. The quantitative estimate of drug-likeness (QED) is 0.0181. The van der Waals surface area contributed by atoms with Gasteiger partial charge in [-0.15, -0.1) is 0 Å². The number of anilines is 1. The van der Waals surface area contributed by atoms with Gasteiger partial charge in [-0.2, -0.15) is 0 Å². The second-order valence-corrected chi connectivity index (χ2v) is 36.7. The van der Waals surface area contributed by atoms with E-state index in [1.54, 1.807) is 86.6 Å². The van der Waals surface area contributed by atoms with Crippen LogP contribution in [0.2, 0.25) is 0 Å². The number of amides is 4. The lowest BCUT2D eigenvalue weighted by molar-refractivity contribution is -0.142. The molecule has 37 heteroatoms. The van der Waals surface area contributed by atoms with Crippen molar-refractivity contribution in [3.05, 3.63) is 160 Å². The van der Waals surface area contributed by atoms with Crippen molar-refractivity contribution in [2.24, 2.45) is 63.5 Å². The van der Waals surface area contributed by atoms with E-state index in [-0.39, 0.29) is 206 Å². The first-order chi connectivity index (χ1) is 65.4. The molecule has 0 unspecified atom stereocenters. The Labute approximate surface area is 803 Å². The molecule has 4 amide bonds. The van der Waals surface area contributed by atoms with E-state index in [2.05, 4.69) is 51.3 Å². The van der Waals surface area contributed by atoms with Crippen LogP contribution < -0.4 is 79.2 Å². The maximum absolute atomic E-state index is 14.9. The highest BCUT2D eigenvalue weighted by atomic mass is 16.5. The number of rotatable bonds is 39. The highest BCUT2D eigenvalue weighted by Gasteiger charge is 2.41. The van der Waals surface area contributed by atoms with Crippen molar-refractivity contribution in [1.29, 1.82) is 0 Å². The molecule has 0 spiro atoms. The van der Waals surface area contributed by atoms with E-state index in [1.807, 2.05) is 26.0 Å². The first-order valence-electron chi connectivity index (χ1n) is 46.1. The van der Waals surface area contributed by atoms with Crippen molar-refractivity contribution in [3.8, 4) is 91.0 Å². The molecule has 0 saturated carbocycles. The summed E-state index contributed by atoms with van der Waals surface area (Å²) in [5.74, 6) is -8.46. The molecule has 4 heterocycles. The Bertz CT molecular complexity index is 5620. The Kier molecular flexibility index (Phi) is 39.4. The molecule has 0 aliphatic carbocycles. The number of carbonyl (C=O) groups is 10. The number of nitrogen functional groups attached to an aromatic ring is 1. The van der Waals surface area contributed by atoms with Crippen LogP contribution in [0.4, 0.5) is 5.82 Å². The van der Waals surface area contributed by atoms with Crippen molar-refractivity contribution in [2.45, 2.75) is 189 Å². The lowest BCUT2D eigenvalue weighted by atomic mass is 9.88. The number of Topliss-reactive ketones (excluding diaryl/α,β-unsaturated/α-hetero) is 6. The van der Waals surface area contributed by atoms with Crippen LogP contribution in [-0.4, -0.2) is 248 Å². The highest BCUT2D eigenvalue weighted by Crippen LogP contribution is 2.48. The average Bonchev–Trinajstić information content (AvgIpc) is 0.821. The first kappa shape index (κ1) is 109. The Hall–Kier alpha value is -12.8. The number of carbonyl (C=O) groups excluding carboxylic acids is 10. The third-order valence-electron chi connectivity index (χ3n) is 23.8. The molecule has 12 atom stereocenters. The fraction of sp³-hybridized carbons (Fsp3) is 0.465. The van der Waals surface area contributed by atoms with Gasteiger partial charge >= 0.3 is 0 Å². The molecule has 138 heavy (non-hydrogen) atoms. The summed E-state index contributed by atoms with van der Waals surface area (Å²) in [4.78, 5) is 161. The summed E-state index contributed by atoms with van der Waals surface area (Å²) in [6, 6.07) is 24.9. The van der Waals surface area contributed by atoms with Crippen molar-refractivity contribution in [3.63, 3.8) is 0 Å². The van der Waals surface area contributed by atoms with Crippen molar-refractivity contribution < 1.29 is 107 Å². The van der Waals surface area contributed by atoms with Gasteiger partial charge in [0.25, 0.3) is 0 Å². The zero-order chi connectivity index (χ0) is 101. The number of hydrogen-bond acceptors (Lipinski definition) is 33. The van der Waals surface area contributed by atoms with Crippen LogP contribution in [-0.2, 0) is 51.2 Å². The zero-order valence-electron chi connectivity index (χ0n) is 80.6. The van der Waals surface area contributed by atoms with Gasteiger partial charge in [-0.1, -0.05) is 46.8 Å². The summed E-state index contributed by atoms with van der Waals surface area (Å²) in [7, 11) is 2.78. The Balaban J connectivity index is 0.000000309. The van der Waals surface area contributed by atoms with E-state index < -0.39 is 150 Å². The Morgan fingerprint density at radius 2 is 0.899 bits per heavy atom. The number of nitrogens with one attached hydrogen (secondary N) is 2. The van der Waals surface area contributed by atoms with Gasteiger partial charge in [0.1, 0.15) is 91.7 Å². The second kappa shape index (κ2) is 50.0. The molecule has 2 aliphatic rings. The van der Waals surface area contributed by atoms with Gasteiger partial charge in [0.2, 0.25) is 23.6 Å². The summed E-state index contributed by atoms with van der Waals surface area (Å²) in [5, 5.41) is 70.9. The number of aromatic nitrogens is 4. The number of benzene rings is 6.